The van der Waals surface area contributed by atoms with Gasteiger partial charge in [-0.15, -0.1) is 0 Å². The molecule has 0 saturated heterocycles. The van der Waals surface area contributed by atoms with Gasteiger partial charge in [-0.25, -0.2) is 0 Å². The fourth-order valence-electron chi connectivity index (χ4n) is 3.09. The lowest BCUT2D eigenvalue weighted by Crippen LogP contribution is -2.15. The number of carbonyl (C=O) groups excluding carboxylic acids is 3. The number of benzene rings is 3. The van der Waals surface area contributed by atoms with Gasteiger partial charge >= 0.3 is 0 Å². The largest absolute Gasteiger partial charge is 0.494 e. The monoisotopic (exact) mass is 432 g/mol. The summed E-state index contributed by atoms with van der Waals surface area (Å²) in [6, 6.07) is 20.7. The van der Waals surface area contributed by atoms with Crippen LogP contribution in [0.5, 0.6) is 11.5 Å². The summed E-state index contributed by atoms with van der Waals surface area (Å²) >= 11 is 0. The highest BCUT2D eigenvalue weighted by Crippen LogP contribution is 2.36. The molecule has 7 nitrogen and oxygen atoms in total. The van der Waals surface area contributed by atoms with Gasteiger partial charge in [-0.3, -0.25) is 14.4 Å². The van der Waals surface area contributed by atoms with Gasteiger partial charge < -0.3 is 20.1 Å². The van der Waals surface area contributed by atoms with Gasteiger partial charge in [-0.05, 0) is 12.1 Å². The van der Waals surface area contributed by atoms with Crippen LogP contribution in [0.25, 0.3) is 0 Å². The summed E-state index contributed by atoms with van der Waals surface area (Å²) in [5.41, 5.74) is 1.83. The van der Waals surface area contributed by atoms with E-state index in [2.05, 4.69) is 10.6 Å². The highest BCUT2D eigenvalue weighted by Gasteiger charge is 2.17. The molecule has 0 saturated carbocycles. The minimum atomic E-state index is -0.337. The van der Waals surface area contributed by atoms with E-state index in [0.717, 1.165) is 0 Å². The van der Waals surface area contributed by atoms with Gasteiger partial charge in [-0.2, -0.15) is 0 Å². The van der Waals surface area contributed by atoms with E-state index in [0.29, 0.717) is 34.0 Å². The Hall–Kier alpha value is -4.13. The van der Waals surface area contributed by atoms with Crippen LogP contribution in [-0.2, 0) is 4.79 Å². The molecule has 0 bridgehead atoms. The molecule has 2 amide bonds. The van der Waals surface area contributed by atoms with Crippen LogP contribution in [0.2, 0.25) is 0 Å². The van der Waals surface area contributed by atoms with Gasteiger partial charge in [0.1, 0.15) is 11.5 Å². The second-order valence-electron chi connectivity index (χ2n) is 6.91. The van der Waals surface area contributed by atoms with Gasteiger partial charge in [0.05, 0.1) is 25.6 Å². The molecule has 0 spiro atoms. The third-order valence-corrected chi connectivity index (χ3v) is 4.75. The fourth-order valence-corrected chi connectivity index (χ4v) is 3.09. The van der Waals surface area contributed by atoms with Crippen LogP contribution >= 0.6 is 0 Å². The molecule has 0 heterocycles. The molecule has 0 aliphatic rings. The van der Waals surface area contributed by atoms with E-state index in [1.807, 2.05) is 12.1 Å². The number of hydrogen-bond acceptors (Lipinski definition) is 5. The number of nitrogens with one attached hydrogen (secondary N) is 2. The van der Waals surface area contributed by atoms with E-state index in [-0.39, 0.29) is 30.4 Å². The molecular weight excluding hydrogens is 408 g/mol. The lowest BCUT2D eigenvalue weighted by Gasteiger charge is -2.16. The van der Waals surface area contributed by atoms with Crippen molar-refractivity contribution in [1.29, 1.82) is 0 Å². The molecule has 2 N–H and O–H groups in total. The quantitative estimate of drug-likeness (QED) is 0.484. The number of anilines is 2. The van der Waals surface area contributed by atoms with E-state index in [1.54, 1.807) is 60.7 Å². The third kappa shape index (κ3) is 5.72. The number of amides is 2. The third-order valence-electron chi connectivity index (χ3n) is 4.75. The summed E-state index contributed by atoms with van der Waals surface area (Å²) in [5, 5.41) is 5.54. The maximum Gasteiger partial charge on any atom is 0.255 e. The molecular formula is C25H24N2O5. The fraction of sp³-hybridized carbons (Fsp3) is 0.160. The van der Waals surface area contributed by atoms with Crippen LogP contribution in [-0.4, -0.2) is 31.8 Å². The van der Waals surface area contributed by atoms with Crippen molar-refractivity contribution in [3.8, 4) is 11.5 Å². The first kappa shape index (κ1) is 22.6. The first-order valence-corrected chi connectivity index (χ1v) is 10.0. The molecule has 3 rings (SSSR count). The van der Waals surface area contributed by atoms with E-state index in [1.165, 1.54) is 14.2 Å². The van der Waals surface area contributed by atoms with Gasteiger partial charge in [0.2, 0.25) is 5.91 Å². The minimum Gasteiger partial charge on any atom is -0.494 e. The normalized spacial score (nSPS) is 10.2. The summed E-state index contributed by atoms with van der Waals surface area (Å²) in [7, 11) is 2.92. The van der Waals surface area contributed by atoms with Crippen LogP contribution in [0.15, 0.2) is 72.8 Å². The van der Waals surface area contributed by atoms with Crippen LogP contribution in [0.4, 0.5) is 11.4 Å². The highest BCUT2D eigenvalue weighted by atomic mass is 16.5. The Morgan fingerprint density at radius 2 is 1.19 bits per heavy atom. The Kier molecular flexibility index (Phi) is 7.59. The van der Waals surface area contributed by atoms with E-state index in [9.17, 15) is 14.4 Å². The first-order chi connectivity index (χ1) is 15.5. The molecule has 0 atom stereocenters. The average molecular weight is 432 g/mol. The molecule has 3 aromatic rings. The minimum absolute atomic E-state index is 0.0195. The molecule has 0 aromatic heterocycles. The number of ketones is 1. The zero-order valence-electron chi connectivity index (χ0n) is 17.9. The van der Waals surface area contributed by atoms with Crippen molar-refractivity contribution in [2.24, 2.45) is 0 Å². The Bertz CT molecular complexity index is 1100. The number of carbonyl (C=O) groups is 3. The lowest BCUT2D eigenvalue weighted by molar-refractivity contribution is -0.116. The van der Waals surface area contributed by atoms with Crippen molar-refractivity contribution in [1.82, 2.24) is 0 Å². The summed E-state index contributed by atoms with van der Waals surface area (Å²) in [6.07, 6.45) is 0.103. The summed E-state index contributed by atoms with van der Waals surface area (Å²) in [6.45, 7) is 0. The lowest BCUT2D eigenvalue weighted by atomic mass is 10.1. The molecule has 3 aromatic carbocycles. The van der Waals surface area contributed by atoms with Crippen molar-refractivity contribution in [3.63, 3.8) is 0 Å². The Balaban J connectivity index is 1.70. The molecule has 32 heavy (non-hydrogen) atoms. The number of Topliss-reactive ketones (excluding diaryl/α,β-unsaturated/α-hetero) is 1. The van der Waals surface area contributed by atoms with Crippen molar-refractivity contribution < 1.29 is 23.9 Å². The summed E-state index contributed by atoms with van der Waals surface area (Å²) < 4.78 is 10.8. The molecule has 0 aliphatic carbocycles. The maximum absolute atomic E-state index is 12.5. The number of hydrogen-bond donors (Lipinski definition) is 2. The van der Waals surface area contributed by atoms with Crippen LogP contribution in [0.1, 0.15) is 33.6 Å². The average Bonchev–Trinajstić information content (AvgIpc) is 2.84. The van der Waals surface area contributed by atoms with Gasteiger partial charge in [0, 0.05) is 36.1 Å². The van der Waals surface area contributed by atoms with Crippen molar-refractivity contribution in [2.45, 2.75) is 12.8 Å². The van der Waals surface area contributed by atoms with Crippen molar-refractivity contribution >= 4 is 29.0 Å². The van der Waals surface area contributed by atoms with E-state index in [4.69, 9.17) is 9.47 Å². The number of methoxy groups -OCH3 is 2. The van der Waals surface area contributed by atoms with Crippen LogP contribution in [0.3, 0.4) is 0 Å². The van der Waals surface area contributed by atoms with Gasteiger partial charge in [0.15, 0.2) is 5.78 Å². The second-order valence-corrected chi connectivity index (χ2v) is 6.91. The van der Waals surface area contributed by atoms with Crippen molar-refractivity contribution in [3.05, 3.63) is 83.9 Å². The van der Waals surface area contributed by atoms with E-state index >= 15 is 0 Å². The topological polar surface area (TPSA) is 93.7 Å². The predicted molar refractivity (Wildman–Crippen MR) is 123 cm³/mol. The Morgan fingerprint density at radius 3 is 1.72 bits per heavy atom. The smallest absolute Gasteiger partial charge is 0.255 e. The molecule has 164 valence electrons. The maximum atomic E-state index is 12.5. The Labute approximate surface area is 186 Å². The molecule has 0 radical (unpaired) electrons. The zero-order valence-corrected chi connectivity index (χ0v) is 17.9. The summed E-state index contributed by atoms with van der Waals surface area (Å²) in [4.78, 5) is 37.2. The van der Waals surface area contributed by atoms with Crippen LogP contribution < -0.4 is 20.1 Å². The highest BCUT2D eigenvalue weighted by molar-refractivity contribution is 6.06. The zero-order chi connectivity index (χ0) is 22.9. The SMILES string of the molecule is COc1cc(NC(=O)c2ccccc2)c(OC)cc1NC(=O)CCC(=O)c1ccccc1. The molecule has 0 aliphatic heterocycles. The van der Waals surface area contributed by atoms with Gasteiger partial charge in [-0.1, -0.05) is 48.5 Å². The summed E-state index contributed by atoms with van der Waals surface area (Å²) in [5.74, 6) is -0.0511. The predicted octanol–water partition coefficient (Wildman–Crippen LogP) is 4.56. The van der Waals surface area contributed by atoms with Crippen molar-refractivity contribution in [2.75, 3.05) is 24.9 Å². The molecule has 0 fully saturated rings. The second kappa shape index (κ2) is 10.8. The molecule has 0 unspecified atom stereocenters. The standard InChI is InChI=1S/C25H24N2O5/c1-31-22-16-20(27-25(30)18-11-7-4-8-12-18)23(32-2)15-19(22)26-24(29)14-13-21(28)17-9-5-3-6-10-17/h3-12,15-16H,13-14H2,1-2H3,(H,26,29)(H,27,30). The molecule has 7 heteroatoms. The number of rotatable bonds is 9. The first-order valence-electron chi connectivity index (χ1n) is 10.0. The number of ether oxygens (including phenoxy) is 2. The van der Waals surface area contributed by atoms with E-state index < -0.39 is 0 Å². The van der Waals surface area contributed by atoms with Gasteiger partial charge in [0.25, 0.3) is 5.91 Å². The van der Waals surface area contributed by atoms with Crippen LogP contribution in [0, 0.1) is 0 Å². The Morgan fingerprint density at radius 1 is 0.688 bits per heavy atom.